The van der Waals surface area contributed by atoms with Crippen LogP contribution >= 0.6 is 0 Å². The summed E-state index contributed by atoms with van der Waals surface area (Å²) >= 11 is 0. The first-order chi connectivity index (χ1) is 17.5. The van der Waals surface area contributed by atoms with Crippen molar-refractivity contribution in [2.45, 2.75) is 58.1 Å². The highest BCUT2D eigenvalue weighted by molar-refractivity contribution is 6.47. The summed E-state index contributed by atoms with van der Waals surface area (Å²) in [6, 6.07) is 7.75. The lowest BCUT2D eigenvalue weighted by Gasteiger charge is -2.44. The largest absolute Gasteiger partial charge is 0.393 e. The van der Waals surface area contributed by atoms with E-state index < -0.39 is 35.1 Å². The molecule has 1 saturated carbocycles. The molecule has 1 aliphatic rings. The number of anilines is 1. The highest BCUT2D eigenvalue weighted by atomic mass is 19.1. The van der Waals surface area contributed by atoms with Crippen molar-refractivity contribution in [2.24, 2.45) is 12.8 Å². The second-order valence-electron chi connectivity index (χ2n) is 9.99. The molecule has 0 saturated heterocycles. The highest BCUT2D eigenvalue weighted by Gasteiger charge is 2.43. The fourth-order valence-corrected chi connectivity index (χ4v) is 5.38. The van der Waals surface area contributed by atoms with Gasteiger partial charge < -0.3 is 15.4 Å². The minimum absolute atomic E-state index is 0.0425. The maximum absolute atomic E-state index is 14.1. The maximum Gasteiger partial charge on any atom is 0.301 e. The molecule has 0 spiro atoms. The average Bonchev–Trinajstić information content (AvgIpc) is 3.13. The number of ketones is 1. The minimum Gasteiger partial charge on any atom is -0.393 e. The number of nitrogens with two attached hydrogens (primary N) is 1. The third kappa shape index (κ3) is 4.67. The van der Waals surface area contributed by atoms with Crippen LogP contribution in [-0.2, 0) is 11.8 Å². The number of Topliss-reactive ketones (excluding diaryl/α,β-unsaturated/α-hetero) is 1. The van der Waals surface area contributed by atoms with Gasteiger partial charge in [0.25, 0.3) is 11.7 Å². The van der Waals surface area contributed by atoms with Crippen LogP contribution < -0.4 is 10.6 Å². The lowest BCUT2D eigenvalue weighted by atomic mass is 9.79. The van der Waals surface area contributed by atoms with E-state index in [2.05, 4.69) is 4.98 Å². The van der Waals surface area contributed by atoms with Crippen molar-refractivity contribution in [1.29, 1.82) is 0 Å². The molecule has 1 aromatic carbocycles. The summed E-state index contributed by atoms with van der Waals surface area (Å²) in [6.07, 6.45) is 4.52. The Balaban J connectivity index is 1.86. The number of aliphatic hydroxyl groups excluding tert-OH is 1. The smallest absolute Gasteiger partial charge is 0.301 e. The van der Waals surface area contributed by atoms with Crippen molar-refractivity contribution in [2.75, 3.05) is 4.90 Å². The van der Waals surface area contributed by atoms with E-state index in [1.807, 2.05) is 6.92 Å². The van der Waals surface area contributed by atoms with Crippen LogP contribution in [0.15, 0.2) is 42.7 Å². The third-order valence-electron chi connectivity index (χ3n) is 7.40. The summed E-state index contributed by atoms with van der Waals surface area (Å²) < 4.78 is 15.6. The second-order valence-corrected chi connectivity index (χ2v) is 9.99. The number of pyridine rings is 1. The number of halogens is 1. The molecule has 0 atom stereocenters. The Morgan fingerprint density at radius 1 is 1.19 bits per heavy atom. The molecule has 194 valence electrons. The van der Waals surface area contributed by atoms with Gasteiger partial charge in [-0.3, -0.25) is 24.3 Å². The van der Waals surface area contributed by atoms with Crippen molar-refractivity contribution in [3.63, 3.8) is 0 Å². The molecular weight excluding hydrogens is 475 g/mol. The van der Waals surface area contributed by atoms with E-state index in [4.69, 9.17) is 5.73 Å². The number of rotatable bonds is 6. The molecule has 2 heterocycles. The Morgan fingerprint density at radius 2 is 1.86 bits per heavy atom. The first kappa shape index (κ1) is 26.2. The number of benzene rings is 1. The quantitative estimate of drug-likeness (QED) is 0.389. The number of aromatic nitrogens is 2. The van der Waals surface area contributed by atoms with Gasteiger partial charge in [0.15, 0.2) is 0 Å². The summed E-state index contributed by atoms with van der Waals surface area (Å²) in [5.41, 5.74) is 7.11. The summed E-state index contributed by atoms with van der Waals surface area (Å²) in [7, 11) is 1.60. The maximum atomic E-state index is 14.1. The van der Waals surface area contributed by atoms with Gasteiger partial charge in [-0.1, -0.05) is 0 Å². The number of primary amides is 1. The Morgan fingerprint density at radius 3 is 2.43 bits per heavy atom. The molecule has 8 nitrogen and oxygen atoms in total. The van der Waals surface area contributed by atoms with Gasteiger partial charge in [0.1, 0.15) is 5.82 Å². The van der Waals surface area contributed by atoms with Crippen LogP contribution in [0.1, 0.15) is 64.6 Å². The molecular formula is C28H31FN4O4. The number of hydrogen-bond acceptors (Lipinski definition) is 5. The Labute approximate surface area is 214 Å². The van der Waals surface area contributed by atoms with Gasteiger partial charge in [0, 0.05) is 36.2 Å². The molecule has 4 rings (SSSR count). The summed E-state index contributed by atoms with van der Waals surface area (Å²) in [4.78, 5) is 45.9. The van der Waals surface area contributed by atoms with Crippen LogP contribution in [0, 0.1) is 19.7 Å². The molecule has 9 heteroatoms. The normalized spacial score (nSPS) is 19.5. The van der Waals surface area contributed by atoms with E-state index >= 15 is 0 Å². The van der Waals surface area contributed by atoms with Crippen LogP contribution in [0.4, 0.5) is 10.1 Å². The van der Waals surface area contributed by atoms with Crippen molar-refractivity contribution in [1.82, 2.24) is 9.55 Å². The highest BCUT2D eigenvalue weighted by Crippen LogP contribution is 2.38. The van der Waals surface area contributed by atoms with Crippen LogP contribution in [0.5, 0.6) is 0 Å². The van der Waals surface area contributed by atoms with E-state index in [-0.39, 0.29) is 11.3 Å². The number of amides is 2. The zero-order chi connectivity index (χ0) is 27.1. The standard InChI is InChI=1S/C28H31FN4O4/c1-16-14-19(7-8-21(16)29)33(28(3)11-9-20(34)10-12-28)27(37)25(35)23-17(2)22(26(30)36)24(32(23)4)18-6-5-13-31-15-18/h5-8,13-15,20,34H,9-12H2,1-4H3,(H2,30,36). The molecule has 0 aliphatic heterocycles. The zero-order valence-electron chi connectivity index (χ0n) is 21.4. The van der Waals surface area contributed by atoms with Gasteiger partial charge in [-0.05, 0) is 87.9 Å². The molecule has 1 fully saturated rings. The Bertz CT molecular complexity index is 1370. The average molecular weight is 507 g/mol. The minimum atomic E-state index is -0.813. The predicted octanol–water partition coefficient (Wildman–Crippen LogP) is 3.85. The van der Waals surface area contributed by atoms with Gasteiger partial charge in [0.2, 0.25) is 0 Å². The lowest BCUT2D eigenvalue weighted by Crippen LogP contribution is -2.55. The SMILES string of the molecule is Cc1cc(N(C(=O)C(=O)c2c(C)c(C(N)=O)c(-c3cccnc3)n2C)C2(C)CCC(O)CC2)ccc1F. The fraction of sp³-hybridized carbons (Fsp3) is 0.357. The zero-order valence-corrected chi connectivity index (χ0v) is 21.4. The molecule has 2 aromatic heterocycles. The topological polar surface area (TPSA) is 119 Å². The van der Waals surface area contributed by atoms with E-state index in [1.54, 1.807) is 51.5 Å². The molecule has 2 amide bonds. The van der Waals surface area contributed by atoms with Crippen LogP contribution in [0.3, 0.4) is 0 Å². The Hall–Kier alpha value is -3.85. The Kier molecular flexibility index (Phi) is 7.01. The van der Waals surface area contributed by atoms with Crippen molar-refractivity contribution < 1.29 is 23.9 Å². The number of carbonyl (C=O) groups is 3. The summed E-state index contributed by atoms with van der Waals surface area (Å²) in [5.74, 6) is -2.76. The molecule has 3 aromatic rings. The van der Waals surface area contributed by atoms with Gasteiger partial charge >= 0.3 is 5.91 Å². The summed E-state index contributed by atoms with van der Waals surface area (Å²) in [5, 5.41) is 10.1. The molecule has 37 heavy (non-hydrogen) atoms. The van der Waals surface area contributed by atoms with Crippen LogP contribution in [-0.4, -0.2) is 43.9 Å². The first-order valence-electron chi connectivity index (χ1n) is 12.2. The van der Waals surface area contributed by atoms with E-state index in [1.165, 1.54) is 21.6 Å². The van der Waals surface area contributed by atoms with E-state index in [0.717, 1.165) is 0 Å². The van der Waals surface area contributed by atoms with Gasteiger partial charge in [-0.2, -0.15) is 0 Å². The molecule has 0 unspecified atom stereocenters. The lowest BCUT2D eigenvalue weighted by molar-refractivity contribution is -0.116. The third-order valence-corrected chi connectivity index (χ3v) is 7.40. The van der Waals surface area contributed by atoms with Gasteiger partial charge in [0.05, 0.1) is 23.1 Å². The molecule has 0 bridgehead atoms. The van der Waals surface area contributed by atoms with Crippen molar-refractivity contribution in [3.05, 3.63) is 70.9 Å². The van der Waals surface area contributed by atoms with E-state index in [9.17, 15) is 23.9 Å². The molecule has 1 aliphatic carbocycles. The van der Waals surface area contributed by atoms with Crippen LogP contribution in [0.2, 0.25) is 0 Å². The number of carbonyl (C=O) groups excluding carboxylic acids is 3. The van der Waals surface area contributed by atoms with E-state index in [0.29, 0.717) is 53.8 Å². The molecule has 0 radical (unpaired) electrons. The number of aryl methyl sites for hydroxylation is 1. The van der Waals surface area contributed by atoms with Crippen molar-refractivity contribution >= 4 is 23.3 Å². The number of aliphatic hydroxyl groups is 1. The van der Waals surface area contributed by atoms with Crippen LogP contribution in [0.25, 0.3) is 11.3 Å². The number of nitrogens with zero attached hydrogens (tertiary/aromatic N) is 3. The fourth-order valence-electron chi connectivity index (χ4n) is 5.38. The molecule has 3 N–H and O–H groups in total. The second kappa shape index (κ2) is 9.89. The monoisotopic (exact) mass is 506 g/mol. The van der Waals surface area contributed by atoms with Gasteiger partial charge in [-0.15, -0.1) is 0 Å². The number of hydrogen-bond donors (Lipinski definition) is 2. The summed E-state index contributed by atoms with van der Waals surface area (Å²) in [6.45, 7) is 5.05. The first-order valence-corrected chi connectivity index (χ1v) is 12.2. The van der Waals surface area contributed by atoms with Gasteiger partial charge in [-0.25, -0.2) is 4.39 Å². The van der Waals surface area contributed by atoms with Crippen molar-refractivity contribution in [3.8, 4) is 11.3 Å². The predicted molar refractivity (Wildman–Crippen MR) is 138 cm³/mol.